The lowest BCUT2D eigenvalue weighted by Gasteiger charge is -2.21. The average Bonchev–Trinajstić information content (AvgIpc) is 2.42. The van der Waals surface area contributed by atoms with Crippen LogP contribution in [0.25, 0.3) is 0 Å². The minimum Gasteiger partial charge on any atom is -0.355 e. The minimum atomic E-state index is -0.586. The van der Waals surface area contributed by atoms with Gasteiger partial charge < -0.3 is 16.0 Å². The number of nitrogens with one attached hydrogen (secondary N) is 3. The highest BCUT2D eigenvalue weighted by molar-refractivity contribution is 5.95. The van der Waals surface area contributed by atoms with Gasteiger partial charge in [0.2, 0.25) is 17.7 Å². The first kappa shape index (κ1) is 15.0. The van der Waals surface area contributed by atoms with E-state index in [9.17, 15) is 18.8 Å². The van der Waals surface area contributed by atoms with Gasteiger partial charge in [-0.05, 0) is 24.6 Å². The third kappa shape index (κ3) is 4.01. The number of piperidine rings is 1. The normalized spacial score (nSPS) is 17.8. The molecule has 1 aromatic carbocycles. The van der Waals surface area contributed by atoms with E-state index in [1.807, 2.05) is 0 Å². The zero-order valence-corrected chi connectivity index (χ0v) is 11.5. The molecule has 1 unspecified atom stereocenters. The molecule has 0 bridgehead atoms. The molecule has 3 N–H and O–H groups in total. The molecule has 1 aliphatic rings. The van der Waals surface area contributed by atoms with Crippen molar-refractivity contribution in [3.63, 3.8) is 0 Å². The number of halogens is 1. The lowest BCUT2D eigenvalue weighted by Crippen LogP contribution is -2.40. The molecular formula is C14H16FN3O3. The highest BCUT2D eigenvalue weighted by Crippen LogP contribution is 2.21. The third-order valence-electron chi connectivity index (χ3n) is 3.18. The number of amides is 3. The average molecular weight is 293 g/mol. The van der Waals surface area contributed by atoms with Crippen LogP contribution in [-0.4, -0.2) is 24.3 Å². The van der Waals surface area contributed by atoms with Crippen molar-refractivity contribution in [1.82, 2.24) is 5.32 Å². The van der Waals surface area contributed by atoms with Gasteiger partial charge in [-0.2, -0.15) is 0 Å². The number of hydrogen-bond donors (Lipinski definition) is 3. The highest BCUT2D eigenvalue weighted by atomic mass is 19.1. The number of carbonyl (C=O) groups is 3. The van der Waals surface area contributed by atoms with E-state index in [0.717, 1.165) is 0 Å². The van der Waals surface area contributed by atoms with Crippen LogP contribution in [0.1, 0.15) is 19.8 Å². The molecule has 1 saturated heterocycles. The molecule has 2 rings (SSSR count). The Bertz CT molecular complexity index is 579. The molecule has 0 aliphatic carbocycles. The van der Waals surface area contributed by atoms with Crippen LogP contribution >= 0.6 is 0 Å². The number of carbonyl (C=O) groups excluding carboxylic acids is 3. The monoisotopic (exact) mass is 293 g/mol. The Morgan fingerprint density at radius 1 is 1.33 bits per heavy atom. The summed E-state index contributed by atoms with van der Waals surface area (Å²) in [5.41, 5.74) is 0.402. The summed E-state index contributed by atoms with van der Waals surface area (Å²) in [7, 11) is 0. The Balaban J connectivity index is 2.05. The molecule has 1 fully saturated rings. The van der Waals surface area contributed by atoms with Gasteiger partial charge >= 0.3 is 0 Å². The SMILES string of the molecule is CC(=O)Nc1ccc(F)c(NC(=O)C2CCC(=O)NC2)c1. The lowest BCUT2D eigenvalue weighted by molar-refractivity contribution is -0.126. The quantitative estimate of drug-likeness (QED) is 0.783. The summed E-state index contributed by atoms with van der Waals surface area (Å²) in [5, 5.41) is 7.61. The molecule has 3 amide bonds. The summed E-state index contributed by atoms with van der Waals surface area (Å²) in [6, 6.07) is 3.94. The van der Waals surface area contributed by atoms with Gasteiger partial charge in [0, 0.05) is 25.6 Å². The van der Waals surface area contributed by atoms with Crippen molar-refractivity contribution in [2.75, 3.05) is 17.2 Å². The second-order valence-electron chi connectivity index (χ2n) is 4.90. The van der Waals surface area contributed by atoms with Crippen LogP contribution in [0.3, 0.4) is 0 Å². The number of benzene rings is 1. The largest absolute Gasteiger partial charge is 0.355 e. The minimum absolute atomic E-state index is 0.00292. The van der Waals surface area contributed by atoms with E-state index >= 15 is 0 Å². The summed E-state index contributed by atoms with van der Waals surface area (Å²) in [5.74, 6) is -1.69. The maximum absolute atomic E-state index is 13.7. The van der Waals surface area contributed by atoms with Crippen LogP contribution in [0.15, 0.2) is 18.2 Å². The van der Waals surface area contributed by atoms with Gasteiger partial charge in [-0.1, -0.05) is 0 Å². The van der Waals surface area contributed by atoms with E-state index in [4.69, 9.17) is 0 Å². The smallest absolute Gasteiger partial charge is 0.229 e. The van der Waals surface area contributed by atoms with Gasteiger partial charge in [-0.15, -0.1) is 0 Å². The molecule has 1 atom stereocenters. The van der Waals surface area contributed by atoms with Crippen LogP contribution in [0.4, 0.5) is 15.8 Å². The highest BCUT2D eigenvalue weighted by Gasteiger charge is 2.25. The lowest BCUT2D eigenvalue weighted by atomic mass is 9.98. The van der Waals surface area contributed by atoms with Crippen molar-refractivity contribution in [2.45, 2.75) is 19.8 Å². The molecule has 7 heteroatoms. The van der Waals surface area contributed by atoms with Crippen LogP contribution in [-0.2, 0) is 14.4 Å². The second kappa shape index (κ2) is 6.34. The Kier molecular flexibility index (Phi) is 4.52. The maximum atomic E-state index is 13.7. The molecule has 0 aromatic heterocycles. The van der Waals surface area contributed by atoms with Crippen molar-refractivity contribution in [1.29, 1.82) is 0 Å². The Morgan fingerprint density at radius 2 is 2.10 bits per heavy atom. The van der Waals surface area contributed by atoms with E-state index in [1.165, 1.54) is 25.1 Å². The van der Waals surface area contributed by atoms with E-state index in [1.54, 1.807) is 0 Å². The van der Waals surface area contributed by atoms with Crippen molar-refractivity contribution in [3.05, 3.63) is 24.0 Å². The molecule has 112 valence electrons. The van der Waals surface area contributed by atoms with Gasteiger partial charge in [0.15, 0.2) is 0 Å². The first-order chi connectivity index (χ1) is 9.95. The van der Waals surface area contributed by atoms with Crippen molar-refractivity contribution in [3.8, 4) is 0 Å². The summed E-state index contributed by atoms with van der Waals surface area (Å²) in [4.78, 5) is 34.1. The van der Waals surface area contributed by atoms with Crippen molar-refractivity contribution in [2.24, 2.45) is 5.92 Å². The van der Waals surface area contributed by atoms with E-state index in [0.29, 0.717) is 12.1 Å². The Labute approximate surface area is 121 Å². The summed E-state index contributed by atoms with van der Waals surface area (Å²) >= 11 is 0. The fraction of sp³-hybridized carbons (Fsp3) is 0.357. The van der Waals surface area contributed by atoms with Gasteiger partial charge in [0.25, 0.3) is 0 Å². The van der Waals surface area contributed by atoms with Gasteiger partial charge in [0.1, 0.15) is 5.82 Å². The number of anilines is 2. The van der Waals surface area contributed by atoms with E-state index in [-0.39, 0.29) is 42.3 Å². The first-order valence-electron chi connectivity index (χ1n) is 6.60. The molecule has 1 heterocycles. The predicted octanol–water partition coefficient (Wildman–Crippen LogP) is 1.25. The zero-order chi connectivity index (χ0) is 15.4. The van der Waals surface area contributed by atoms with E-state index in [2.05, 4.69) is 16.0 Å². The molecule has 0 saturated carbocycles. The molecule has 21 heavy (non-hydrogen) atoms. The Morgan fingerprint density at radius 3 is 2.71 bits per heavy atom. The molecule has 0 radical (unpaired) electrons. The third-order valence-corrected chi connectivity index (χ3v) is 3.18. The fourth-order valence-corrected chi connectivity index (χ4v) is 2.09. The Hall–Kier alpha value is -2.44. The van der Waals surface area contributed by atoms with Crippen molar-refractivity contribution >= 4 is 29.1 Å². The van der Waals surface area contributed by atoms with Crippen LogP contribution in [0, 0.1) is 11.7 Å². The van der Waals surface area contributed by atoms with E-state index < -0.39 is 5.82 Å². The molecule has 6 nitrogen and oxygen atoms in total. The second-order valence-corrected chi connectivity index (χ2v) is 4.90. The molecular weight excluding hydrogens is 277 g/mol. The summed E-state index contributed by atoms with van der Waals surface area (Å²) in [6.45, 7) is 1.59. The summed E-state index contributed by atoms with van der Waals surface area (Å²) in [6.07, 6.45) is 0.719. The predicted molar refractivity (Wildman–Crippen MR) is 75.1 cm³/mol. The zero-order valence-electron chi connectivity index (χ0n) is 11.5. The van der Waals surface area contributed by atoms with Crippen LogP contribution < -0.4 is 16.0 Å². The van der Waals surface area contributed by atoms with Gasteiger partial charge in [-0.3, -0.25) is 14.4 Å². The van der Waals surface area contributed by atoms with Crippen LogP contribution in [0.5, 0.6) is 0 Å². The first-order valence-corrected chi connectivity index (χ1v) is 6.60. The van der Waals surface area contributed by atoms with Gasteiger partial charge in [0.05, 0.1) is 11.6 Å². The maximum Gasteiger partial charge on any atom is 0.229 e. The number of hydrogen-bond acceptors (Lipinski definition) is 3. The summed E-state index contributed by atoms with van der Waals surface area (Å²) < 4.78 is 13.7. The van der Waals surface area contributed by atoms with Crippen LogP contribution in [0.2, 0.25) is 0 Å². The topological polar surface area (TPSA) is 87.3 Å². The van der Waals surface area contributed by atoms with Gasteiger partial charge in [-0.25, -0.2) is 4.39 Å². The van der Waals surface area contributed by atoms with Crippen molar-refractivity contribution < 1.29 is 18.8 Å². The molecule has 1 aromatic rings. The molecule has 1 aliphatic heterocycles. The number of rotatable bonds is 3. The standard InChI is InChI=1S/C14H16FN3O3/c1-8(19)17-10-3-4-11(15)12(6-10)18-14(21)9-2-5-13(20)16-7-9/h3-4,6,9H,2,5,7H2,1H3,(H,16,20)(H,17,19)(H,18,21). The molecule has 0 spiro atoms. The fourth-order valence-electron chi connectivity index (χ4n) is 2.09.